The molecule has 0 radical (unpaired) electrons. The molecule has 1 aliphatic rings. The topological polar surface area (TPSA) is 93.0 Å². The molecule has 1 aromatic rings. The van der Waals surface area contributed by atoms with E-state index in [4.69, 9.17) is 10.5 Å². The van der Waals surface area contributed by atoms with Gasteiger partial charge in [-0.1, -0.05) is 19.3 Å². The number of carbonyl (C=O) groups excluding carboxylic acids is 1. The number of ether oxygens (including phenoxy) is 1. The quantitative estimate of drug-likeness (QED) is 0.702. The standard InChI is InChI=1S/C13H22N4O2/c1-9-11(12(14)17-16-9)13(18)15-7-8-19-10-5-3-2-4-6-10/h10H,2-8H2,1H3,(H,15,18)(H3,14,16,17). The lowest BCUT2D eigenvalue weighted by Gasteiger charge is -2.21. The number of carbonyl (C=O) groups is 1. The molecular formula is C13H22N4O2. The van der Waals surface area contributed by atoms with Crippen LogP contribution in [0.2, 0.25) is 0 Å². The number of rotatable bonds is 5. The first-order valence-electron chi connectivity index (χ1n) is 6.88. The van der Waals surface area contributed by atoms with E-state index in [2.05, 4.69) is 15.5 Å². The van der Waals surface area contributed by atoms with Crippen LogP contribution in [0.15, 0.2) is 0 Å². The third kappa shape index (κ3) is 3.70. The van der Waals surface area contributed by atoms with E-state index in [-0.39, 0.29) is 11.7 Å². The van der Waals surface area contributed by atoms with Crippen LogP contribution < -0.4 is 11.1 Å². The summed E-state index contributed by atoms with van der Waals surface area (Å²) in [5, 5.41) is 9.29. The van der Waals surface area contributed by atoms with Gasteiger partial charge in [0.15, 0.2) is 5.82 Å². The Morgan fingerprint density at radius 2 is 2.21 bits per heavy atom. The van der Waals surface area contributed by atoms with Gasteiger partial charge in [0.25, 0.3) is 5.91 Å². The van der Waals surface area contributed by atoms with Crippen molar-refractivity contribution in [3.8, 4) is 0 Å². The van der Waals surface area contributed by atoms with Crippen LogP contribution in [-0.4, -0.2) is 35.4 Å². The number of nitrogen functional groups attached to an aromatic ring is 1. The molecule has 0 aliphatic heterocycles. The van der Waals surface area contributed by atoms with E-state index < -0.39 is 0 Å². The Morgan fingerprint density at radius 3 is 2.84 bits per heavy atom. The number of hydrogen-bond donors (Lipinski definition) is 3. The molecule has 6 heteroatoms. The van der Waals surface area contributed by atoms with Crippen LogP contribution in [-0.2, 0) is 4.74 Å². The van der Waals surface area contributed by atoms with Crippen molar-refractivity contribution in [3.63, 3.8) is 0 Å². The van der Waals surface area contributed by atoms with Crippen molar-refractivity contribution in [3.05, 3.63) is 11.3 Å². The zero-order valence-electron chi connectivity index (χ0n) is 11.4. The van der Waals surface area contributed by atoms with Crippen molar-refractivity contribution < 1.29 is 9.53 Å². The van der Waals surface area contributed by atoms with Gasteiger partial charge in [0.2, 0.25) is 0 Å². The first-order chi connectivity index (χ1) is 9.18. The predicted octanol–water partition coefficient (Wildman–Crippen LogP) is 1.38. The SMILES string of the molecule is Cc1[nH]nc(N)c1C(=O)NCCOC1CCCCC1. The molecule has 0 bridgehead atoms. The van der Waals surface area contributed by atoms with Gasteiger partial charge < -0.3 is 15.8 Å². The Hall–Kier alpha value is -1.56. The zero-order valence-corrected chi connectivity index (χ0v) is 11.4. The largest absolute Gasteiger partial charge is 0.382 e. The number of aromatic amines is 1. The second-order valence-corrected chi connectivity index (χ2v) is 5.00. The summed E-state index contributed by atoms with van der Waals surface area (Å²) < 4.78 is 5.74. The maximum atomic E-state index is 11.9. The molecule has 1 aliphatic carbocycles. The van der Waals surface area contributed by atoms with E-state index in [9.17, 15) is 4.79 Å². The number of H-pyrrole nitrogens is 1. The van der Waals surface area contributed by atoms with Crippen LogP contribution in [0.3, 0.4) is 0 Å². The van der Waals surface area contributed by atoms with Crippen LogP contribution >= 0.6 is 0 Å². The van der Waals surface area contributed by atoms with Gasteiger partial charge in [-0.15, -0.1) is 0 Å². The van der Waals surface area contributed by atoms with E-state index in [1.54, 1.807) is 6.92 Å². The highest BCUT2D eigenvalue weighted by molar-refractivity contribution is 5.99. The summed E-state index contributed by atoms with van der Waals surface area (Å²) in [6, 6.07) is 0. The van der Waals surface area contributed by atoms with Crippen molar-refractivity contribution in [1.82, 2.24) is 15.5 Å². The molecule has 0 unspecified atom stereocenters. The molecule has 0 aromatic carbocycles. The fraction of sp³-hybridized carbons (Fsp3) is 0.692. The fourth-order valence-corrected chi connectivity index (χ4v) is 2.44. The highest BCUT2D eigenvalue weighted by Crippen LogP contribution is 2.19. The van der Waals surface area contributed by atoms with Crippen molar-refractivity contribution in [2.24, 2.45) is 0 Å². The van der Waals surface area contributed by atoms with Gasteiger partial charge in [-0.3, -0.25) is 9.89 Å². The van der Waals surface area contributed by atoms with Crippen LogP contribution in [0, 0.1) is 6.92 Å². The Morgan fingerprint density at radius 1 is 1.47 bits per heavy atom. The number of anilines is 1. The normalized spacial score (nSPS) is 16.5. The van der Waals surface area contributed by atoms with E-state index in [0.29, 0.717) is 30.5 Å². The van der Waals surface area contributed by atoms with Crippen LogP contribution in [0.1, 0.15) is 48.2 Å². The van der Waals surface area contributed by atoms with Gasteiger partial charge in [0.05, 0.1) is 12.7 Å². The van der Waals surface area contributed by atoms with Gasteiger partial charge in [-0.05, 0) is 19.8 Å². The summed E-state index contributed by atoms with van der Waals surface area (Å²) in [7, 11) is 0. The molecule has 0 spiro atoms. The maximum absolute atomic E-state index is 11.9. The Bertz CT molecular complexity index is 405. The first-order valence-corrected chi connectivity index (χ1v) is 6.88. The summed E-state index contributed by atoms with van der Waals surface area (Å²) >= 11 is 0. The van der Waals surface area contributed by atoms with E-state index in [1.165, 1.54) is 19.3 Å². The fourth-order valence-electron chi connectivity index (χ4n) is 2.44. The van der Waals surface area contributed by atoms with E-state index in [1.807, 2.05) is 0 Å². The van der Waals surface area contributed by atoms with Crippen LogP contribution in [0.25, 0.3) is 0 Å². The summed E-state index contributed by atoms with van der Waals surface area (Å²) in [6.07, 6.45) is 6.47. The lowest BCUT2D eigenvalue weighted by atomic mass is 9.98. The lowest BCUT2D eigenvalue weighted by Crippen LogP contribution is -2.30. The Labute approximate surface area is 113 Å². The summed E-state index contributed by atoms with van der Waals surface area (Å²) in [4.78, 5) is 11.9. The number of nitrogens with two attached hydrogens (primary N) is 1. The Kier molecular flexibility index (Phi) is 4.79. The minimum Gasteiger partial charge on any atom is -0.382 e. The second kappa shape index (κ2) is 6.56. The van der Waals surface area contributed by atoms with Crippen molar-refractivity contribution in [2.75, 3.05) is 18.9 Å². The Balaban J connectivity index is 1.69. The molecule has 106 valence electrons. The van der Waals surface area contributed by atoms with Crippen molar-refractivity contribution in [2.45, 2.75) is 45.1 Å². The summed E-state index contributed by atoms with van der Waals surface area (Å²) in [5.41, 5.74) is 6.74. The lowest BCUT2D eigenvalue weighted by molar-refractivity contribution is 0.0299. The van der Waals surface area contributed by atoms with Gasteiger partial charge in [-0.25, -0.2) is 0 Å². The smallest absolute Gasteiger partial charge is 0.257 e. The highest BCUT2D eigenvalue weighted by atomic mass is 16.5. The van der Waals surface area contributed by atoms with E-state index >= 15 is 0 Å². The average Bonchev–Trinajstić information content (AvgIpc) is 2.75. The molecule has 1 saturated carbocycles. The molecule has 6 nitrogen and oxygen atoms in total. The zero-order chi connectivity index (χ0) is 13.7. The first kappa shape index (κ1) is 13.9. The van der Waals surface area contributed by atoms with Gasteiger partial charge in [0.1, 0.15) is 5.56 Å². The van der Waals surface area contributed by atoms with Gasteiger partial charge >= 0.3 is 0 Å². The molecule has 1 amide bonds. The van der Waals surface area contributed by atoms with Crippen LogP contribution in [0.4, 0.5) is 5.82 Å². The number of aromatic nitrogens is 2. The number of amides is 1. The number of hydrogen-bond acceptors (Lipinski definition) is 4. The van der Waals surface area contributed by atoms with Gasteiger partial charge in [0, 0.05) is 12.2 Å². The monoisotopic (exact) mass is 266 g/mol. The third-order valence-corrected chi connectivity index (χ3v) is 3.50. The van der Waals surface area contributed by atoms with Crippen LogP contribution in [0.5, 0.6) is 0 Å². The second-order valence-electron chi connectivity index (χ2n) is 5.00. The molecule has 1 fully saturated rings. The number of nitrogens with one attached hydrogen (secondary N) is 2. The average molecular weight is 266 g/mol. The summed E-state index contributed by atoms with van der Waals surface area (Å²) in [5.74, 6) is 0.0409. The van der Waals surface area contributed by atoms with Crippen molar-refractivity contribution in [1.29, 1.82) is 0 Å². The molecule has 4 N–H and O–H groups in total. The predicted molar refractivity (Wildman–Crippen MR) is 72.9 cm³/mol. The molecule has 0 saturated heterocycles. The molecule has 1 heterocycles. The van der Waals surface area contributed by atoms with Gasteiger partial charge in [-0.2, -0.15) is 5.10 Å². The maximum Gasteiger partial charge on any atom is 0.257 e. The van der Waals surface area contributed by atoms with Crippen molar-refractivity contribution >= 4 is 11.7 Å². The molecule has 1 aromatic heterocycles. The molecule has 0 atom stereocenters. The number of aryl methyl sites for hydroxylation is 1. The van der Waals surface area contributed by atoms with E-state index in [0.717, 1.165) is 12.8 Å². The molecule has 2 rings (SSSR count). The molecule has 19 heavy (non-hydrogen) atoms. The summed E-state index contributed by atoms with van der Waals surface area (Å²) in [6.45, 7) is 2.82. The number of nitrogens with zero attached hydrogens (tertiary/aromatic N) is 1. The highest BCUT2D eigenvalue weighted by Gasteiger charge is 2.16. The molecular weight excluding hydrogens is 244 g/mol. The minimum atomic E-state index is -0.198. The minimum absolute atomic E-state index is 0.198. The third-order valence-electron chi connectivity index (χ3n) is 3.50.